The number of rotatable bonds is 10. The fraction of sp³-hybridized carbons (Fsp3) is 0.462. The van der Waals surface area contributed by atoms with Crippen molar-refractivity contribution in [1.29, 1.82) is 0 Å². The van der Waals surface area contributed by atoms with Gasteiger partial charge in [-0.15, -0.1) is 0 Å². The van der Waals surface area contributed by atoms with Crippen LogP contribution >= 0.6 is 23.2 Å². The Morgan fingerprint density at radius 3 is 2.28 bits per heavy atom. The molecule has 214 valence electrons. The Morgan fingerprint density at radius 2 is 1.72 bits per heavy atom. The van der Waals surface area contributed by atoms with Crippen LogP contribution in [0.4, 0.5) is 18.9 Å². The van der Waals surface area contributed by atoms with Crippen LogP contribution in [0.1, 0.15) is 50.2 Å². The lowest BCUT2D eigenvalue weighted by Gasteiger charge is -2.33. The summed E-state index contributed by atoms with van der Waals surface area (Å²) in [6.07, 6.45) is -0.214. The lowest BCUT2D eigenvalue weighted by atomic mass is 10.1. The summed E-state index contributed by atoms with van der Waals surface area (Å²) in [5.74, 6) is -1.20. The van der Waals surface area contributed by atoms with Gasteiger partial charge in [0, 0.05) is 17.6 Å². The van der Waals surface area contributed by atoms with Gasteiger partial charge in [0.25, 0.3) is 0 Å². The highest BCUT2D eigenvalue weighted by Gasteiger charge is 2.36. The van der Waals surface area contributed by atoms with E-state index < -0.39 is 51.9 Å². The molecule has 2 aromatic carbocycles. The maximum absolute atomic E-state index is 13.8. The largest absolute Gasteiger partial charge is 0.416 e. The molecule has 0 heterocycles. The molecule has 0 aliphatic heterocycles. The topological polar surface area (TPSA) is 86.8 Å². The van der Waals surface area contributed by atoms with Crippen LogP contribution < -0.4 is 9.62 Å². The lowest BCUT2D eigenvalue weighted by Crippen LogP contribution is -2.53. The fourth-order valence-corrected chi connectivity index (χ4v) is 5.89. The number of carbonyl (C=O) groups excluding carboxylic acids is 2. The molecule has 0 unspecified atom stereocenters. The second kappa shape index (κ2) is 12.8. The van der Waals surface area contributed by atoms with E-state index in [0.29, 0.717) is 21.0 Å². The average Bonchev–Trinajstić information content (AvgIpc) is 3.35. The summed E-state index contributed by atoms with van der Waals surface area (Å²) in [7, 11) is -4.28. The van der Waals surface area contributed by atoms with Crippen molar-refractivity contribution < 1.29 is 31.2 Å². The smallest absolute Gasteiger partial charge is 0.352 e. The first kappa shape index (κ1) is 31.0. The summed E-state index contributed by atoms with van der Waals surface area (Å²) in [4.78, 5) is 28.3. The molecule has 0 bridgehead atoms. The van der Waals surface area contributed by atoms with Crippen molar-refractivity contribution in [2.45, 2.75) is 63.8 Å². The summed E-state index contributed by atoms with van der Waals surface area (Å²) in [5, 5.41) is 3.02. The zero-order chi connectivity index (χ0) is 29.0. The first-order chi connectivity index (χ1) is 18.2. The molecule has 2 amide bonds. The maximum Gasteiger partial charge on any atom is 0.416 e. The van der Waals surface area contributed by atoms with Crippen LogP contribution in [-0.2, 0) is 32.3 Å². The third-order valence-corrected chi connectivity index (χ3v) is 8.42. The Balaban J connectivity index is 2.00. The number of nitrogens with zero attached hydrogens (tertiary/aromatic N) is 2. The molecule has 7 nitrogen and oxygen atoms in total. The number of halogens is 5. The van der Waals surface area contributed by atoms with Gasteiger partial charge in [0.05, 0.1) is 22.5 Å². The molecule has 39 heavy (non-hydrogen) atoms. The van der Waals surface area contributed by atoms with Crippen molar-refractivity contribution in [1.82, 2.24) is 10.2 Å². The molecule has 1 N–H and O–H groups in total. The van der Waals surface area contributed by atoms with Gasteiger partial charge < -0.3 is 10.2 Å². The molecule has 1 fully saturated rings. The van der Waals surface area contributed by atoms with Crippen molar-refractivity contribution >= 4 is 50.7 Å². The summed E-state index contributed by atoms with van der Waals surface area (Å²) in [6.45, 7) is 0.713. The first-order valence-electron chi connectivity index (χ1n) is 12.4. The number of sulfonamides is 1. The molecular formula is C26H30Cl2F3N3O4S. The Kier molecular flexibility index (Phi) is 10.2. The quantitative estimate of drug-likeness (QED) is 0.378. The maximum atomic E-state index is 13.8. The van der Waals surface area contributed by atoms with Crippen molar-refractivity contribution in [2.24, 2.45) is 0 Å². The monoisotopic (exact) mass is 607 g/mol. The molecule has 1 atom stereocenters. The predicted octanol–water partition coefficient (Wildman–Crippen LogP) is 5.64. The van der Waals surface area contributed by atoms with Gasteiger partial charge >= 0.3 is 6.18 Å². The third-order valence-electron chi connectivity index (χ3n) is 6.61. The van der Waals surface area contributed by atoms with E-state index in [0.717, 1.165) is 44.1 Å². The third kappa shape index (κ3) is 8.02. The molecule has 2 aromatic rings. The number of hydrogen-bond donors (Lipinski definition) is 1. The van der Waals surface area contributed by atoms with Crippen molar-refractivity contribution in [2.75, 3.05) is 17.1 Å². The molecule has 1 aliphatic carbocycles. The van der Waals surface area contributed by atoms with Gasteiger partial charge in [0.1, 0.15) is 12.6 Å². The zero-order valence-electron chi connectivity index (χ0n) is 21.5. The van der Waals surface area contributed by atoms with Gasteiger partial charge in [0.15, 0.2) is 0 Å². The van der Waals surface area contributed by atoms with Gasteiger partial charge in [-0.3, -0.25) is 13.9 Å². The highest BCUT2D eigenvalue weighted by Crippen LogP contribution is 2.36. The number of hydrogen-bond acceptors (Lipinski definition) is 4. The number of nitrogens with one attached hydrogen (secondary N) is 1. The summed E-state index contributed by atoms with van der Waals surface area (Å²) in [5.41, 5.74) is -1.11. The second-order valence-corrected chi connectivity index (χ2v) is 12.2. The second-order valence-electron chi connectivity index (χ2n) is 9.46. The van der Waals surface area contributed by atoms with Gasteiger partial charge in [-0.1, -0.05) is 61.2 Å². The molecule has 1 saturated carbocycles. The van der Waals surface area contributed by atoms with Crippen LogP contribution in [0.15, 0.2) is 42.5 Å². The number of carbonyl (C=O) groups is 2. The van der Waals surface area contributed by atoms with Gasteiger partial charge in [0.2, 0.25) is 21.8 Å². The summed E-state index contributed by atoms with van der Waals surface area (Å²) in [6, 6.07) is 7.91. The van der Waals surface area contributed by atoms with E-state index in [9.17, 15) is 31.2 Å². The Bertz CT molecular complexity index is 1300. The lowest BCUT2D eigenvalue weighted by molar-refractivity contribution is -0.140. The first-order valence-corrected chi connectivity index (χ1v) is 15.0. The van der Waals surface area contributed by atoms with Crippen molar-refractivity contribution in [3.05, 3.63) is 63.6 Å². The molecule has 0 aromatic heterocycles. The Labute approximate surface area is 236 Å². The van der Waals surface area contributed by atoms with E-state index in [-0.39, 0.29) is 24.0 Å². The molecule has 13 heteroatoms. The molecule has 0 saturated heterocycles. The van der Waals surface area contributed by atoms with Crippen LogP contribution in [0.5, 0.6) is 0 Å². The molecule has 3 rings (SSSR count). The average molecular weight is 609 g/mol. The number of benzene rings is 2. The summed E-state index contributed by atoms with van der Waals surface area (Å²) >= 11 is 12.4. The van der Waals surface area contributed by atoms with E-state index in [1.54, 1.807) is 31.2 Å². The van der Waals surface area contributed by atoms with Crippen molar-refractivity contribution in [3.8, 4) is 0 Å². The standard InChI is InChI=1S/C26H30Cl2F3N3O4S/c1-3-22(25(36)32-19-9-5-6-10-19)33(15-17-8-4-7-11-20(17)27)24(35)16-34(39(2,37)38)23-14-18(26(29,30)31)12-13-21(23)28/h4,7-8,11-14,19,22H,3,5-6,9-10,15-16H2,1-2H3,(H,32,36)/t22-/m1/s1. The van der Waals surface area contributed by atoms with E-state index in [1.165, 1.54) is 4.90 Å². The minimum atomic E-state index is -4.77. The molecule has 0 radical (unpaired) electrons. The number of alkyl halides is 3. The Morgan fingerprint density at radius 1 is 1.08 bits per heavy atom. The molecular weight excluding hydrogens is 578 g/mol. The van der Waals surface area contributed by atoms with Crippen LogP contribution in [-0.4, -0.2) is 50.0 Å². The SMILES string of the molecule is CC[C@H](C(=O)NC1CCCC1)N(Cc1ccccc1Cl)C(=O)CN(c1cc(C(F)(F)F)ccc1Cl)S(C)(=O)=O. The number of anilines is 1. The predicted molar refractivity (Wildman–Crippen MR) is 145 cm³/mol. The van der Waals surface area contributed by atoms with E-state index in [4.69, 9.17) is 23.2 Å². The van der Waals surface area contributed by atoms with Crippen LogP contribution in [0, 0.1) is 0 Å². The van der Waals surface area contributed by atoms with E-state index in [1.807, 2.05) is 0 Å². The highest BCUT2D eigenvalue weighted by atomic mass is 35.5. The van der Waals surface area contributed by atoms with Crippen LogP contribution in [0.3, 0.4) is 0 Å². The molecule has 1 aliphatic rings. The van der Waals surface area contributed by atoms with Gasteiger partial charge in [-0.2, -0.15) is 13.2 Å². The summed E-state index contributed by atoms with van der Waals surface area (Å²) < 4.78 is 66.2. The van der Waals surface area contributed by atoms with Crippen LogP contribution in [0.2, 0.25) is 10.0 Å². The fourth-order valence-electron chi connectivity index (χ4n) is 4.57. The number of amides is 2. The van der Waals surface area contributed by atoms with Gasteiger partial charge in [-0.25, -0.2) is 8.42 Å². The molecule has 0 spiro atoms. The minimum Gasteiger partial charge on any atom is -0.352 e. The highest BCUT2D eigenvalue weighted by molar-refractivity contribution is 7.92. The van der Waals surface area contributed by atoms with Crippen molar-refractivity contribution in [3.63, 3.8) is 0 Å². The zero-order valence-corrected chi connectivity index (χ0v) is 23.8. The Hall–Kier alpha value is -2.50. The van der Waals surface area contributed by atoms with Gasteiger partial charge in [-0.05, 0) is 49.1 Å². The normalized spacial score (nSPS) is 15.2. The minimum absolute atomic E-state index is 0.0275. The van der Waals surface area contributed by atoms with E-state index >= 15 is 0 Å². The van der Waals surface area contributed by atoms with Crippen LogP contribution in [0.25, 0.3) is 0 Å². The van der Waals surface area contributed by atoms with E-state index in [2.05, 4.69) is 5.32 Å².